The maximum Gasteiger partial charge on any atom is 0.222 e. The van der Waals surface area contributed by atoms with E-state index in [2.05, 4.69) is 32.6 Å². The smallest absolute Gasteiger partial charge is 0.222 e. The second-order valence-corrected chi connectivity index (χ2v) is 7.28. The van der Waals surface area contributed by atoms with Crippen LogP contribution in [0.1, 0.15) is 105 Å². The Kier molecular flexibility index (Phi) is 15.6. The lowest BCUT2D eigenvalue weighted by Crippen LogP contribution is -2.46. The van der Waals surface area contributed by atoms with E-state index in [1.165, 1.54) is 57.8 Å². The van der Waals surface area contributed by atoms with E-state index in [0.717, 1.165) is 32.4 Å². The molecular formula is C21H44N2O. The van der Waals surface area contributed by atoms with Crippen molar-refractivity contribution >= 4 is 5.91 Å². The summed E-state index contributed by atoms with van der Waals surface area (Å²) in [5.74, 6) is -0.0664. The van der Waals surface area contributed by atoms with E-state index in [0.29, 0.717) is 6.04 Å². The predicted octanol–water partition coefficient (Wildman–Crippen LogP) is 5.52. The molecule has 0 bridgehead atoms. The summed E-state index contributed by atoms with van der Waals surface area (Å²) in [7, 11) is 0. The highest BCUT2D eigenvalue weighted by Crippen LogP contribution is 2.23. The molecule has 0 radical (unpaired) electrons. The lowest BCUT2D eigenvalue weighted by atomic mass is 9.89. The lowest BCUT2D eigenvalue weighted by molar-refractivity contribution is -0.124. The Labute approximate surface area is 151 Å². The van der Waals surface area contributed by atoms with E-state index in [-0.39, 0.29) is 11.8 Å². The fraction of sp³-hybridized carbons (Fsp3) is 0.952. The molecule has 0 saturated heterocycles. The van der Waals surface area contributed by atoms with Crippen LogP contribution in [0.5, 0.6) is 0 Å². The molecule has 2 atom stereocenters. The van der Waals surface area contributed by atoms with Crippen molar-refractivity contribution in [2.75, 3.05) is 13.1 Å². The molecule has 0 rings (SSSR count). The highest BCUT2D eigenvalue weighted by Gasteiger charge is 2.29. The number of nitrogens with zero attached hydrogens (tertiary/aromatic N) is 1. The first-order valence-corrected chi connectivity index (χ1v) is 10.7. The minimum Gasteiger partial charge on any atom is -0.369 e. The summed E-state index contributed by atoms with van der Waals surface area (Å²) in [6, 6.07) is 0.330. The van der Waals surface area contributed by atoms with Gasteiger partial charge in [0.1, 0.15) is 0 Å². The van der Waals surface area contributed by atoms with E-state index in [1.807, 2.05) is 0 Å². The first-order chi connectivity index (χ1) is 11.6. The topological polar surface area (TPSA) is 46.3 Å². The minimum atomic E-state index is -0.0894. The number of hydrogen-bond acceptors (Lipinski definition) is 2. The molecule has 0 aromatic rings. The first-order valence-electron chi connectivity index (χ1n) is 10.7. The number of rotatable bonds is 17. The number of hydrogen-bond donors (Lipinski definition) is 1. The maximum absolute atomic E-state index is 12.1. The molecule has 24 heavy (non-hydrogen) atoms. The van der Waals surface area contributed by atoms with E-state index in [9.17, 15) is 4.79 Å². The number of carbonyl (C=O) groups is 1. The quantitative estimate of drug-likeness (QED) is 0.354. The van der Waals surface area contributed by atoms with Crippen molar-refractivity contribution in [3.05, 3.63) is 0 Å². The van der Waals surface area contributed by atoms with Crippen LogP contribution in [0.15, 0.2) is 0 Å². The number of unbranched alkanes of at least 4 members (excludes halogenated alkanes) is 7. The number of amides is 1. The molecule has 0 fully saturated rings. The van der Waals surface area contributed by atoms with Gasteiger partial charge in [0.15, 0.2) is 0 Å². The van der Waals surface area contributed by atoms with Crippen LogP contribution < -0.4 is 5.73 Å². The second kappa shape index (κ2) is 15.9. The Bertz CT molecular complexity index is 286. The maximum atomic E-state index is 12.1. The SMILES string of the molecule is CCCCCCCCC(C(N)=O)C(CC)N(CCCC)CCCC. The highest BCUT2D eigenvalue weighted by molar-refractivity contribution is 5.77. The van der Waals surface area contributed by atoms with Crippen LogP contribution >= 0.6 is 0 Å². The zero-order valence-corrected chi connectivity index (χ0v) is 17.0. The summed E-state index contributed by atoms with van der Waals surface area (Å²) in [4.78, 5) is 14.7. The van der Waals surface area contributed by atoms with Crippen LogP contribution in [0, 0.1) is 5.92 Å². The molecule has 1 amide bonds. The molecule has 2 N–H and O–H groups in total. The molecule has 0 aliphatic heterocycles. The van der Waals surface area contributed by atoms with Gasteiger partial charge in [-0.1, -0.05) is 79.1 Å². The van der Waals surface area contributed by atoms with Gasteiger partial charge < -0.3 is 5.73 Å². The van der Waals surface area contributed by atoms with Crippen LogP contribution in [0.3, 0.4) is 0 Å². The van der Waals surface area contributed by atoms with Gasteiger partial charge in [0.25, 0.3) is 0 Å². The molecular weight excluding hydrogens is 296 g/mol. The summed E-state index contributed by atoms with van der Waals surface area (Å²) in [5, 5.41) is 0. The zero-order chi connectivity index (χ0) is 18.2. The van der Waals surface area contributed by atoms with Gasteiger partial charge in [0.2, 0.25) is 5.91 Å². The fourth-order valence-electron chi connectivity index (χ4n) is 3.63. The minimum absolute atomic E-state index is 0.0230. The Balaban J connectivity index is 4.62. The average molecular weight is 341 g/mol. The summed E-state index contributed by atoms with van der Waals surface area (Å²) < 4.78 is 0. The summed E-state index contributed by atoms with van der Waals surface area (Å²) in [5.41, 5.74) is 5.81. The van der Waals surface area contributed by atoms with Crippen molar-refractivity contribution in [2.24, 2.45) is 11.7 Å². The number of primary amides is 1. The van der Waals surface area contributed by atoms with Crippen molar-refractivity contribution in [1.82, 2.24) is 4.90 Å². The van der Waals surface area contributed by atoms with Crippen LogP contribution in [0.4, 0.5) is 0 Å². The third-order valence-electron chi connectivity index (χ3n) is 5.18. The molecule has 3 nitrogen and oxygen atoms in total. The molecule has 0 aliphatic rings. The lowest BCUT2D eigenvalue weighted by Gasteiger charge is -2.35. The Hall–Kier alpha value is -0.570. The summed E-state index contributed by atoms with van der Waals surface area (Å²) in [6.45, 7) is 11.1. The molecule has 0 aliphatic carbocycles. The van der Waals surface area contributed by atoms with Gasteiger partial charge in [0.05, 0.1) is 5.92 Å². The Morgan fingerprint density at radius 3 is 1.75 bits per heavy atom. The fourth-order valence-corrected chi connectivity index (χ4v) is 3.63. The van der Waals surface area contributed by atoms with Crippen molar-refractivity contribution in [2.45, 2.75) is 111 Å². The third-order valence-corrected chi connectivity index (χ3v) is 5.18. The van der Waals surface area contributed by atoms with Crippen molar-refractivity contribution in [3.8, 4) is 0 Å². The molecule has 0 spiro atoms. The van der Waals surface area contributed by atoms with Gasteiger partial charge in [0, 0.05) is 6.04 Å². The predicted molar refractivity (Wildman–Crippen MR) is 106 cm³/mol. The monoisotopic (exact) mass is 340 g/mol. The normalized spacial score (nSPS) is 14.0. The van der Waals surface area contributed by atoms with E-state index in [4.69, 9.17) is 5.73 Å². The largest absolute Gasteiger partial charge is 0.369 e. The van der Waals surface area contributed by atoms with Crippen LogP contribution in [-0.2, 0) is 4.79 Å². The molecule has 0 aromatic carbocycles. The van der Waals surface area contributed by atoms with Crippen molar-refractivity contribution in [3.63, 3.8) is 0 Å². The first kappa shape index (κ1) is 23.4. The van der Waals surface area contributed by atoms with E-state index in [1.54, 1.807) is 0 Å². The van der Waals surface area contributed by atoms with Crippen LogP contribution in [0.25, 0.3) is 0 Å². The summed E-state index contributed by atoms with van der Waals surface area (Å²) >= 11 is 0. The Morgan fingerprint density at radius 1 is 0.792 bits per heavy atom. The molecule has 0 heterocycles. The Morgan fingerprint density at radius 2 is 1.29 bits per heavy atom. The number of carbonyl (C=O) groups excluding carboxylic acids is 1. The van der Waals surface area contributed by atoms with Gasteiger partial charge in [-0.3, -0.25) is 9.69 Å². The number of nitrogens with two attached hydrogens (primary N) is 1. The summed E-state index contributed by atoms with van der Waals surface area (Å²) in [6.07, 6.45) is 14.4. The third kappa shape index (κ3) is 10.3. The standard InChI is InChI=1S/C21H44N2O/c1-5-9-12-13-14-15-16-19(21(22)24)20(8-4)23(17-10-6-2)18-11-7-3/h19-20H,5-18H2,1-4H3,(H2,22,24). The van der Waals surface area contributed by atoms with Gasteiger partial charge in [-0.2, -0.15) is 0 Å². The van der Waals surface area contributed by atoms with Gasteiger partial charge >= 0.3 is 0 Å². The molecule has 0 aromatic heterocycles. The van der Waals surface area contributed by atoms with Gasteiger partial charge in [-0.05, 0) is 38.8 Å². The zero-order valence-electron chi connectivity index (χ0n) is 17.0. The molecule has 144 valence electrons. The molecule has 0 saturated carbocycles. The van der Waals surface area contributed by atoms with Gasteiger partial charge in [-0.15, -0.1) is 0 Å². The van der Waals surface area contributed by atoms with Crippen molar-refractivity contribution < 1.29 is 4.79 Å². The van der Waals surface area contributed by atoms with Gasteiger partial charge in [-0.25, -0.2) is 0 Å². The van der Waals surface area contributed by atoms with E-state index < -0.39 is 0 Å². The van der Waals surface area contributed by atoms with Crippen LogP contribution in [0.2, 0.25) is 0 Å². The molecule has 2 unspecified atom stereocenters. The van der Waals surface area contributed by atoms with Crippen molar-refractivity contribution in [1.29, 1.82) is 0 Å². The van der Waals surface area contributed by atoms with E-state index >= 15 is 0 Å². The van der Waals surface area contributed by atoms with Crippen LogP contribution in [-0.4, -0.2) is 29.9 Å². The highest BCUT2D eigenvalue weighted by atomic mass is 16.1. The second-order valence-electron chi connectivity index (χ2n) is 7.28. The average Bonchev–Trinajstić information content (AvgIpc) is 2.57. The molecule has 3 heteroatoms.